The summed E-state index contributed by atoms with van der Waals surface area (Å²) in [6.45, 7) is 0. The highest BCUT2D eigenvalue weighted by Crippen LogP contribution is 2.22. The third kappa shape index (κ3) is 2.02. The molecule has 1 unspecified atom stereocenters. The summed E-state index contributed by atoms with van der Waals surface area (Å²) in [4.78, 5) is 19.6. The van der Waals surface area contributed by atoms with E-state index in [1.165, 1.54) is 11.3 Å². The predicted octanol–water partition coefficient (Wildman–Crippen LogP) is 3.11. The molecule has 3 rings (SSSR count). The number of nitrogens with one attached hydrogen (secondary N) is 1. The number of aromatic amines is 1. The molecule has 0 amide bonds. The number of imidazole rings is 1. The van der Waals surface area contributed by atoms with Crippen LogP contribution in [0.25, 0.3) is 11.0 Å². The summed E-state index contributed by atoms with van der Waals surface area (Å²) in [5.41, 5.74) is 2.14. The Bertz CT molecular complexity index is 734. The molecule has 0 aliphatic carbocycles. The van der Waals surface area contributed by atoms with Gasteiger partial charge in [-0.1, -0.05) is 12.1 Å². The summed E-state index contributed by atoms with van der Waals surface area (Å²) in [5, 5.41) is 12.8. The largest absolute Gasteiger partial charge is 0.340 e. The van der Waals surface area contributed by atoms with Crippen LogP contribution in [0.15, 0.2) is 41.1 Å². The van der Waals surface area contributed by atoms with Crippen molar-refractivity contribution in [3.05, 3.63) is 52.5 Å². The Labute approximate surface area is 113 Å². The van der Waals surface area contributed by atoms with Crippen molar-refractivity contribution in [3.63, 3.8) is 0 Å². The van der Waals surface area contributed by atoms with Crippen LogP contribution in [0.3, 0.4) is 0 Å². The maximum absolute atomic E-state index is 12.2. The first-order valence-electron chi connectivity index (χ1n) is 5.70. The Balaban J connectivity index is 2.03. The molecule has 0 bridgehead atoms. The molecule has 2 heterocycles. The maximum atomic E-state index is 12.2. The van der Waals surface area contributed by atoms with Crippen LogP contribution >= 0.6 is 11.3 Å². The summed E-state index contributed by atoms with van der Waals surface area (Å²) in [6, 6.07) is 11.2. The number of hydrogen-bond donors (Lipinski definition) is 1. The first-order chi connectivity index (χ1) is 9.29. The van der Waals surface area contributed by atoms with Crippen molar-refractivity contribution in [1.29, 1.82) is 5.26 Å². The van der Waals surface area contributed by atoms with Crippen molar-refractivity contribution >= 4 is 28.2 Å². The first-order valence-corrected chi connectivity index (χ1v) is 6.64. The molecule has 19 heavy (non-hydrogen) atoms. The average Bonchev–Trinajstić information content (AvgIpc) is 3.08. The molecular weight excluding hydrogens is 258 g/mol. The number of Topliss-reactive ketones (excluding diaryl/α,β-unsaturated/α-hetero) is 1. The van der Waals surface area contributed by atoms with E-state index in [-0.39, 0.29) is 5.78 Å². The predicted molar refractivity (Wildman–Crippen MR) is 73.1 cm³/mol. The van der Waals surface area contributed by atoms with E-state index in [4.69, 9.17) is 0 Å². The second-order valence-electron chi connectivity index (χ2n) is 4.08. The van der Waals surface area contributed by atoms with Crippen LogP contribution < -0.4 is 0 Å². The monoisotopic (exact) mass is 267 g/mol. The normalized spacial score (nSPS) is 12.2. The molecule has 3 aromatic rings. The van der Waals surface area contributed by atoms with Gasteiger partial charge in [0.25, 0.3) is 0 Å². The molecule has 1 aromatic carbocycles. The van der Waals surface area contributed by atoms with Crippen LogP contribution in [0.1, 0.15) is 22.1 Å². The lowest BCUT2D eigenvalue weighted by atomic mass is 10.0. The molecule has 2 aromatic heterocycles. The van der Waals surface area contributed by atoms with Crippen molar-refractivity contribution in [3.8, 4) is 6.07 Å². The van der Waals surface area contributed by atoms with Crippen molar-refractivity contribution in [2.24, 2.45) is 0 Å². The number of rotatable bonds is 3. The number of para-hydroxylation sites is 2. The van der Waals surface area contributed by atoms with Gasteiger partial charge in [0.05, 0.1) is 17.1 Å². The van der Waals surface area contributed by atoms with Crippen molar-refractivity contribution in [2.45, 2.75) is 5.92 Å². The molecule has 5 heteroatoms. The molecule has 0 fully saturated rings. The lowest BCUT2D eigenvalue weighted by molar-refractivity contribution is 0.0977. The minimum atomic E-state index is -0.887. The van der Waals surface area contributed by atoms with E-state index < -0.39 is 5.92 Å². The maximum Gasteiger partial charge on any atom is 0.188 e. The van der Waals surface area contributed by atoms with Gasteiger partial charge in [-0.3, -0.25) is 4.79 Å². The van der Waals surface area contributed by atoms with Gasteiger partial charge in [-0.25, -0.2) is 4.98 Å². The van der Waals surface area contributed by atoms with Gasteiger partial charge in [-0.2, -0.15) is 16.6 Å². The summed E-state index contributed by atoms with van der Waals surface area (Å²) >= 11 is 1.44. The Hall–Kier alpha value is -2.45. The van der Waals surface area contributed by atoms with Gasteiger partial charge in [-0.15, -0.1) is 0 Å². The number of thiophene rings is 1. The zero-order chi connectivity index (χ0) is 13.2. The van der Waals surface area contributed by atoms with E-state index in [0.717, 1.165) is 11.0 Å². The quantitative estimate of drug-likeness (QED) is 0.741. The van der Waals surface area contributed by atoms with Crippen LogP contribution in [0.4, 0.5) is 0 Å². The van der Waals surface area contributed by atoms with Gasteiger partial charge in [0.1, 0.15) is 5.82 Å². The smallest absolute Gasteiger partial charge is 0.188 e. The zero-order valence-corrected chi connectivity index (χ0v) is 10.6. The highest BCUT2D eigenvalue weighted by atomic mass is 32.1. The van der Waals surface area contributed by atoms with Gasteiger partial charge < -0.3 is 4.98 Å². The van der Waals surface area contributed by atoms with E-state index in [2.05, 4.69) is 9.97 Å². The van der Waals surface area contributed by atoms with Crippen LogP contribution in [0, 0.1) is 11.3 Å². The van der Waals surface area contributed by atoms with E-state index in [9.17, 15) is 10.1 Å². The molecule has 0 aliphatic rings. The van der Waals surface area contributed by atoms with Crippen molar-refractivity contribution in [2.75, 3.05) is 0 Å². The minimum absolute atomic E-state index is 0.220. The van der Waals surface area contributed by atoms with E-state index >= 15 is 0 Å². The molecule has 0 spiro atoms. The summed E-state index contributed by atoms with van der Waals surface area (Å²) in [6.07, 6.45) is 0. The van der Waals surface area contributed by atoms with Crippen molar-refractivity contribution in [1.82, 2.24) is 9.97 Å². The summed E-state index contributed by atoms with van der Waals surface area (Å²) < 4.78 is 0. The number of hydrogen-bond acceptors (Lipinski definition) is 4. The lowest BCUT2D eigenvalue weighted by Gasteiger charge is -2.02. The van der Waals surface area contributed by atoms with Gasteiger partial charge >= 0.3 is 0 Å². The Morgan fingerprint density at radius 2 is 2.21 bits per heavy atom. The molecule has 0 saturated heterocycles. The second kappa shape index (κ2) is 4.67. The lowest BCUT2D eigenvalue weighted by Crippen LogP contribution is -2.11. The van der Waals surface area contributed by atoms with Crippen LogP contribution in [-0.2, 0) is 0 Å². The molecule has 92 valence electrons. The number of benzene rings is 1. The van der Waals surface area contributed by atoms with Gasteiger partial charge in [-0.05, 0) is 23.6 Å². The van der Waals surface area contributed by atoms with Crippen molar-refractivity contribution < 1.29 is 4.79 Å². The van der Waals surface area contributed by atoms with Crippen LogP contribution in [-0.4, -0.2) is 15.8 Å². The molecule has 1 atom stereocenters. The standard InChI is InChI=1S/C14H9N3OS/c15-7-10(13(18)9-5-6-19-8-9)14-16-11-3-1-2-4-12(11)17-14/h1-6,8,10H,(H,16,17). The molecule has 1 N–H and O–H groups in total. The van der Waals surface area contributed by atoms with Gasteiger partial charge in [0, 0.05) is 10.9 Å². The van der Waals surface area contributed by atoms with E-state index in [1.807, 2.05) is 35.7 Å². The van der Waals surface area contributed by atoms with E-state index in [0.29, 0.717) is 11.4 Å². The van der Waals surface area contributed by atoms with Crippen LogP contribution in [0.5, 0.6) is 0 Å². The highest BCUT2D eigenvalue weighted by Gasteiger charge is 2.25. The molecular formula is C14H9N3OS. The minimum Gasteiger partial charge on any atom is -0.340 e. The zero-order valence-electron chi connectivity index (χ0n) is 9.83. The third-order valence-electron chi connectivity index (χ3n) is 2.88. The number of nitriles is 1. The number of carbonyl (C=O) groups excluding carboxylic acids is 1. The fourth-order valence-electron chi connectivity index (χ4n) is 1.92. The number of fused-ring (bicyclic) bond motifs is 1. The number of carbonyl (C=O) groups is 1. The Morgan fingerprint density at radius 3 is 2.89 bits per heavy atom. The highest BCUT2D eigenvalue weighted by molar-refractivity contribution is 7.08. The molecule has 0 saturated carbocycles. The third-order valence-corrected chi connectivity index (χ3v) is 3.56. The molecule has 4 nitrogen and oxygen atoms in total. The number of ketones is 1. The first kappa shape index (κ1) is 11.6. The SMILES string of the molecule is N#CC(C(=O)c1ccsc1)c1nc2ccccc2[nH]1. The molecule has 0 aliphatic heterocycles. The topological polar surface area (TPSA) is 69.5 Å². The summed E-state index contributed by atoms with van der Waals surface area (Å²) in [7, 11) is 0. The Kier molecular flexibility index (Phi) is 2.86. The average molecular weight is 267 g/mol. The van der Waals surface area contributed by atoms with Crippen LogP contribution in [0.2, 0.25) is 0 Å². The fourth-order valence-corrected chi connectivity index (χ4v) is 2.57. The Morgan fingerprint density at radius 1 is 1.37 bits per heavy atom. The summed E-state index contributed by atoms with van der Waals surface area (Å²) in [5.74, 6) is -0.704. The van der Waals surface area contributed by atoms with E-state index in [1.54, 1.807) is 11.4 Å². The number of aromatic nitrogens is 2. The fraction of sp³-hybridized carbons (Fsp3) is 0.0714. The number of H-pyrrole nitrogens is 1. The van der Waals surface area contributed by atoms with Gasteiger partial charge in [0.15, 0.2) is 11.7 Å². The van der Waals surface area contributed by atoms with Gasteiger partial charge in [0.2, 0.25) is 0 Å². The number of nitrogens with zero attached hydrogens (tertiary/aromatic N) is 2. The molecule has 0 radical (unpaired) electrons. The second-order valence-corrected chi connectivity index (χ2v) is 4.86.